The number of terminal acetylenes is 1. The smallest absolute Gasteiger partial charge is 0.327 e. The Balaban J connectivity index is 2.83. The first kappa shape index (κ1) is 12.4. The first-order valence-electron chi connectivity index (χ1n) is 5.06. The number of carbonyl (C=O) groups is 1. The van der Waals surface area contributed by atoms with E-state index in [-0.39, 0.29) is 11.2 Å². The highest BCUT2D eigenvalue weighted by molar-refractivity contribution is 8.00. The standard InChI is InChI=1S/C11H17NO2S/c1-4-7-12-11(10(13)14-3)6-5-8-15-9(11)2/h1,9,12H,5-8H2,2-3H3. The Bertz CT molecular complexity index is 274. The topological polar surface area (TPSA) is 38.3 Å². The molecule has 1 aliphatic rings. The first-order chi connectivity index (χ1) is 7.17. The second kappa shape index (κ2) is 5.43. The molecule has 3 nitrogen and oxygen atoms in total. The molecule has 2 atom stereocenters. The van der Waals surface area contributed by atoms with Crippen LogP contribution in [0.1, 0.15) is 19.8 Å². The summed E-state index contributed by atoms with van der Waals surface area (Å²) in [6, 6.07) is 0. The number of hydrogen-bond donors (Lipinski definition) is 1. The van der Waals surface area contributed by atoms with Gasteiger partial charge in [-0.05, 0) is 18.6 Å². The van der Waals surface area contributed by atoms with Gasteiger partial charge in [-0.15, -0.1) is 6.42 Å². The van der Waals surface area contributed by atoms with Gasteiger partial charge in [-0.25, -0.2) is 0 Å². The molecular formula is C11H17NO2S. The van der Waals surface area contributed by atoms with Crippen molar-refractivity contribution in [1.29, 1.82) is 0 Å². The van der Waals surface area contributed by atoms with E-state index < -0.39 is 5.54 Å². The predicted molar refractivity (Wildman–Crippen MR) is 62.7 cm³/mol. The molecule has 1 fully saturated rings. The Morgan fingerprint density at radius 3 is 3.07 bits per heavy atom. The molecular weight excluding hydrogens is 210 g/mol. The van der Waals surface area contributed by atoms with Crippen LogP contribution in [0.25, 0.3) is 0 Å². The molecule has 2 unspecified atom stereocenters. The summed E-state index contributed by atoms with van der Waals surface area (Å²) in [7, 11) is 1.42. The van der Waals surface area contributed by atoms with Crippen LogP contribution in [-0.4, -0.2) is 36.2 Å². The molecule has 1 aliphatic heterocycles. The summed E-state index contributed by atoms with van der Waals surface area (Å²) in [6.45, 7) is 2.45. The van der Waals surface area contributed by atoms with E-state index in [0.717, 1.165) is 18.6 Å². The van der Waals surface area contributed by atoms with Crippen molar-refractivity contribution in [2.24, 2.45) is 0 Å². The third kappa shape index (κ3) is 2.47. The number of hydrogen-bond acceptors (Lipinski definition) is 4. The van der Waals surface area contributed by atoms with Crippen molar-refractivity contribution in [2.45, 2.75) is 30.6 Å². The van der Waals surface area contributed by atoms with E-state index >= 15 is 0 Å². The number of nitrogens with one attached hydrogen (secondary N) is 1. The van der Waals surface area contributed by atoms with Crippen LogP contribution in [0, 0.1) is 12.3 Å². The zero-order valence-electron chi connectivity index (χ0n) is 9.21. The van der Waals surface area contributed by atoms with E-state index in [9.17, 15) is 4.79 Å². The van der Waals surface area contributed by atoms with Gasteiger partial charge in [0.05, 0.1) is 13.7 Å². The molecule has 1 heterocycles. The minimum absolute atomic E-state index is 0.197. The highest BCUT2D eigenvalue weighted by atomic mass is 32.2. The van der Waals surface area contributed by atoms with Crippen LogP contribution in [-0.2, 0) is 9.53 Å². The maximum absolute atomic E-state index is 11.8. The van der Waals surface area contributed by atoms with E-state index in [1.165, 1.54) is 7.11 Å². The fourth-order valence-corrected chi connectivity index (χ4v) is 3.17. The van der Waals surface area contributed by atoms with Crippen molar-refractivity contribution in [3.05, 3.63) is 0 Å². The Labute approximate surface area is 95.3 Å². The van der Waals surface area contributed by atoms with Crippen molar-refractivity contribution in [3.63, 3.8) is 0 Å². The summed E-state index contributed by atoms with van der Waals surface area (Å²) in [5.41, 5.74) is -0.593. The second-order valence-electron chi connectivity index (χ2n) is 3.64. The van der Waals surface area contributed by atoms with Gasteiger partial charge in [0, 0.05) is 5.25 Å². The number of rotatable bonds is 3. The molecule has 0 radical (unpaired) electrons. The summed E-state index contributed by atoms with van der Waals surface area (Å²) in [6.07, 6.45) is 7.04. The molecule has 4 heteroatoms. The lowest BCUT2D eigenvalue weighted by Crippen LogP contribution is -2.60. The highest BCUT2D eigenvalue weighted by Gasteiger charge is 2.45. The number of thioether (sulfide) groups is 1. The van der Waals surface area contributed by atoms with Crippen molar-refractivity contribution >= 4 is 17.7 Å². The van der Waals surface area contributed by atoms with E-state index in [1.54, 1.807) is 11.8 Å². The molecule has 0 aromatic carbocycles. The zero-order valence-corrected chi connectivity index (χ0v) is 10.0. The first-order valence-corrected chi connectivity index (χ1v) is 6.10. The molecule has 0 aromatic heterocycles. The fraction of sp³-hybridized carbons (Fsp3) is 0.727. The van der Waals surface area contributed by atoms with Gasteiger partial charge >= 0.3 is 5.97 Å². The molecule has 1 N–H and O–H groups in total. The van der Waals surface area contributed by atoms with Gasteiger partial charge in [-0.3, -0.25) is 10.1 Å². The monoisotopic (exact) mass is 227 g/mol. The third-order valence-corrected chi connectivity index (χ3v) is 4.26. The van der Waals surface area contributed by atoms with Gasteiger partial charge in [0.1, 0.15) is 5.54 Å². The molecule has 0 spiro atoms. The lowest BCUT2D eigenvalue weighted by molar-refractivity contribution is -0.149. The number of ether oxygens (including phenoxy) is 1. The van der Waals surface area contributed by atoms with Crippen molar-refractivity contribution in [2.75, 3.05) is 19.4 Å². The summed E-state index contributed by atoms with van der Waals surface area (Å²) >= 11 is 1.79. The maximum Gasteiger partial charge on any atom is 0.327 e. The van der Waals surface area contributed by atoms with Gasteiger partial charge in [0.25, 0.3) is 0 Å². The third-order valence-electron chi connectivity index (χ3n) is 2.83. The van der Waals surface area contributed by atoms with Gasteiger partial charge in [0.15, 0.2) is 0 Å². The van der Waals surface area contributed by atoms with Crippen LogP contribution in [0.2, 0.25) is 0 Å². The maximum atomic E-state index is 11.8. The van der Waals surface area contributed by atoms with Crippen molar-refractivity contribution in [3.8, 4) is 12.3 Å². The van der Waals surface area contributed by atoms with Crippen LogP contribution in [0.15, 0.2) is 0 Å². The average molecular weight is 227 g/mol. The summed E-state index contributed by atoms with van der Waals surface area (Å²) in [5.74, 6) is 3.41. The fourth-order valence-electron chi connectivity index (χ4n) is 1.92. The molecule has 84 valence electrons. The largest absolute Gasteiger partial charge is 0.468 e. The van der Waals surface area contributed by atoms with Crippen LogP contribution < -0.4 is 5.32 Å². The summed E-state index contributed by atoms with van der Waals surface area (Å²) in [5, 5.41) is 3.35. The Hall–Kier alpha value is -0.660. The predicted octanol–water partition coefficient (Wildman–Crippen LogP) is 1.04. The quantitative estimate of drug-likeness (QED) is 0.577. The molecule has 0 bridgehead atoms. The van der Waals surface area contributed by atoms with Crippen LogP contribution in [0.3, 0.4) is 0 Å². The molecule has 1 saturated heterocycles. The minimum atomic E-state index is -0.593. The molecule has 0 aliphatic carbocycles. The Kier molecular flexibility index (Phi) is 4.49. The Morgan fingerprint density at radius 1 is 1.80 bits per heavy atom. The molecule has 0 saturated carbocycles. The summed E-state index contributed by atoms with van der Waals surface area (Å²) < 4.78 is 4.88. The Morgan fingerprint density at radius 2 is 2.53 bits per heavy atom. The van der Waals surface area contributed by atoms with E-state index in [2.05, 4.69) is 11.2 Å². The molecule has 0 aromatic rings. The van der Waals surface area contributed by atoms with Gasteiger partial charge < -0.3 is 4.74 Å². The van der Waals surface area contributed by atoms with Crippen LogP contribution in [0.4, 0.5) is 0 Å². The minimum Gasteiger partial charge on any atom is -0.468 e. The number of esters is 1. The number of methoxy groups -OCH3 is 1. The van der Waals surface area contributed by atoms with E-state index in [4.69, 9.17) is 11.2 Å². The number of carbonyl (C=O) groups excluding carboxylic acids is 1. The van der Waals surface area contributed by atoms with Crippen LogP contribution >= 0.6 is 11.8 Å². The van der Waals surface area contributed by atoms with Gasteiger partial charge in [0.2, 0.25) is 0 Å². The van der Waals surface area contributed by atoms with Gasteiger partial charge in [-0.1, -0.05) is 12.8 Å². The zero-order chi connectivity index (χ0) is 11.3. The normalized spacial score (nSPS) is 30.6. The SMILES string of the molecule is C#CCNC1(C(=O)OC)CCCSC1C. The van der Waals surface area contributed by atoms with Crippen molar-refractivity contribution < 1.29 is 9.53 Å². The molecule has 0 amide bonds. The highest BCUT2D eigenvalue weighted by Crippen LogP contribution is 2.34. The lowest BCUT2D eigenvalue weighted by atomic mass is 9.89. The molecule has 1 rings (SSSR count). The van der Waals surface area contributed by atoms with Gasteiger partial charge in [-0.2, -0.15) is 11.8 Å². The van der Waals surface area contributed by atoms with E-state index in [0.29, 0.717) is 6.54 Å². The lowest BCUT2D eigenvalue weighted by Gasteiger charge is -2.39. The van der Waals surface area contributed by atoms with Crippen LogP contribution in [0.5, 0.6) is 0 Å². The van der Waals surface area contributed by atoms with E-state index in [1.807, 2.05) is 6.92 Å². The average Bonchev–Trinajstić information content (AvgIpc) is 2.27. The van der Waals surface area contributed by atoms with Crippen molar-refractivity contribution in [1.82, 2.24) is 5.32 Å². The molecule has 15 heavy (non-hydrogen) atoms. The summed E-state index contributed by atoms with van der Waals surface area (Å²) in [4.78, 5) is 11.8. The second-order valence-corrected chi connectivity index (χ2v) is 5.09.